The molecule has 0 aliphatic carbocycles. The van der Waals surface area contributed by atoms with E-state index in [4.69, 9.17) is 4.74 Å². The highest BCUT2D eigenvalue weighted by molar-refractivity contribution is 5.96. The first-order valence-corrected chi connectivity index (χ1v) is 9.53. The lowest BCUT2D eigenvalue weighted by Gasteiger charge is -2.08. The van der Waals surface area contributed by atoms with Crippen LogP contribution >= 0.6 is 0 Å². The highest BCUT2D eigenvalue weighted by Gasteiger charge is 2.17. The molecule has 8 heteroatoms. The number of nitrogens with one attached hydrogen (secondary N) is 1. The van der Waals surface area contributed by atoms with Crippen molar-refractivity contribution in [3.05, 3.63) is 75.5 Å². The highest BCUT2D eigenvalue weighted by atomic mass is 16.5. The third kappa shape index (κ3) is 2.61. The Hall–Kier alpha value is -3.94. The first-order chi connectivity index (χ1) is 14.5. The number of aromatic amines is 1. The SMILES string of the molecule is Cc1[nH]c2ccc(C(=O)OCc3nnc4n(C)c(=O)c5ccccc5n34)cc2c1C. The summed E-state index contributed by atoms with van der Waals surface area (Å²) in [6.45, 7) is 3.95. The molecule has 1 N–H and O–H groups in total. The van der Waals surface area contributed by atoms with Crippen molar-refractivity contribution in [1.82, 2.24) is 24.1 Å². The summed E-state index contributed by atoms with van der Waals surface area (Å²) >= 11 is 0. The number of carbonyl (C=O) groups excluding carboxylic acids is 1. The van der Waals surface area contributed by atoms with Gasteiger partial charge in [-0.25, -0.2) is 4.79 Å². The third-order valence-electron chi connectivity index (χ3n) is 5.57. The van der Waals surface area contributed by atoms with E-state index in [0.29, 0.717) is 28.1 Å². The Balaban J connectivity index is 1.50. The molecule has 0 spiro atoms. The molecule has 0 amide bonds. The number of benzene rings is 2. The predicted octanol–water partition coefficient (Wildman–Crippen LogP) is 3.04. The first kappa shape index (κ1) is 18.1. The zero-order valence-electron chi connectivity index (χ0n) is 16.8. The second-order valence-electron chi connectivity index (χ2n) is 7.34. The monoisotopic (exact) mass is 401 g/mol. The van der Waals surface area contributed by atoms with E-state index in [1.165, 1.54) is 4.57 Å². The first-order valence-electron chi connectivity index (χ1n) is 9.53. The molecule has 5 rings (SSSR count). The summed E-state index contributed by atoms with van der Waals surface area (Å²) in [5.74, 6) is 0.394. The van der Waals surface area contributed by atoms with E-state index in [2.05, 4.69) is 15.2 Å². The maximum absolute atomic E-state index is 12.7. The van der Waals surface area contributed by atoms with Gasteiger partial charge in [0.05, 0.1) is 16.5 Å². The Labute approximate surface area is 170 Å². The van der Waals surface area contributed by atoms with Crippen LogP contribution in [0.5, 0.6) is 0 Å². The highest BCUT2D eigenvalue weighted by Crippen LogP contribution is 2.23. The Morgan fingerprint density at radius 3 is 2.73 bits per heavy atom. The minimum absolute atomic E-state index is 0.0641. The molecule has 30 heavy (non-hydrogen) atoms. The van der Waals surface area contributed by atoms with Gasteiger partial charge in [0.1, 0.15) is 0 Å². The Morgan fingerprint density at radius 1 is 1.10 bits per heavy atom. The minimum atomic E-state index is -0.443. The number of esters is 1. The van der Waals surface area contributed by atoms with Crippen LogP contribution in [0.4, 0.5) is 0 Å². The molecule has 0 atom stereocenters. The molecule has 0 saturated carbocycles. The van der Waals surface area contributed by atoms with Gasteiger partial charge in [0.2, 0.25) is 5.78 Å². The molecule has 0 saturated heterocycles. The summed E-state index contributed by atoms with van der Waals surface area (Å²) < 4.78 is 8.71. The molecule has 0 radical (unpaired) electrons. The third-order valence-corrected chi connectivity index (χ3v) is 5.57. The molecule has 0 fully saturated rings. The van der Waals surface area contributed by atoms with Crippen molar-refractivity contribution in [3.63, 3.8) is 0 Å². The van der Waals surface area contributed by atoms with E-state index in [9.17, 15) is 9.59 Å². The van der Waals surface area contributed by atoms with Gasteiger partial charge in [-0.15, -0.1) is 10.2 Å². The standard InChI is InChI=1S/C22H19N5O3/c1-12-13(2)23-17-9-8-14(10-16(12)17)21(29)30-11-19-24-25-22-26(3)20(28)15-6-4-5-7-18(15)27(19)22/h4-10,23H,11H2,1-3H3. The zero-order chi connectivity index (χ0) is 21.0. The summed E-state index contributed by atoms with van der Waals surface area (Å²) in [4.78, 5) is 28.5. The Morgan fingerprint density at radius 2 is 1.90 bits per heavy atom. The number of para-hydroxylation sites is 1. The van der Waals surface area contributed by atoms with Crippen molar-refractivity contribution in [1.29, 1.82) is 0 Å². The Bertz CT molecular complexity index is 1520. The van der Waals surface area contributed by atoms with Gasteiger partial charge in [-0.1, -0.05) is 12.1 Å². The van der Waals surface area contributed by atoms with Gasteiger partial charge < -0.3 is 9.72 Å². The average molecular weight is 401 g/mol. The molecule has 3 heterocycles. The maximum atomic E-state index is 12.7. The van der Waals surface area contributed by atoms with Crippen molar-refractivity contribution in [2.45, 2.75) is 20.5 Å². The molecule has 0 unspecified atom stereocenters. The van der Waals surface area contributed by atoms with Crippen LogP contribution in [-0.2, 0) is 18.4 Å². The van der Waals surface area contributed by atoms with Gasteiger partial charge >= 0.3 is 5.97 Å². The molecule has 150 valence electrons. The second-order valence-corrected chi connectivity index (χ2v) is 7.34. The summed E-state index contributed by atoms with van der Waals surface area (Å²) in [6.07, 6.45) is 0. The van der Waals surface area contributed by atoms with Crippen LogP contribution in [0.1, 0.15) is 27.4 Å². The average Bonchev–Trinajstić information content (AvgIpc) is 3.31. The van der Waals surface area contributed by atoms with E-state index in [0.717, 1.165) is 22.2 Å². The summed E-state index contributed by atoms with van der Waals surface area (Å²) in [5, 5.41) is 9.81. The number of ether oxygens (including phenoxy) is 1. The summed E-state index contributed by atoms with van der Waals surface area (Å²) in [5.41, 5.74) is 4.15. The van der Waals surface area contributed by atoms with Crippen LogP contribution in [-0.4, -0.2) is 30.1 Å². The van der Waals surface area contributed by atoms with Crippen molar-refractivity contribution in [2.75, 3.05) is 0 Å². The lowest BCUT2D eigenvalue weighted by atomic mass is 10.1. The fourth-order valence-corrected chi connectivity index (χ4v) is 3.79. The smallest absolute Gasteiger partial charge is 0.338 e. The lowest BCUT2D eigenvalue weighted by Crippen LogP contribution is -2.20. The normalized spacial score (nSPS) is 11.6. The fraction of sp³-hybridized carbons (Fsp3) is 0.182. The van der Waals surface area contributed by atoms with Crippen LogP contribution < -0.4 is 5.56 Å². The fourth-order valence-electron chi connectivity index (χ4n) is 3.79. The van der Waals surface area contributed by atoms with Crippen LogP contribution in [0.3, 0.4) is 0 Å². The molecule has 0 bridgehead atoms. The van der Waals surface area contributed by atoms with Gasteiger partial charge in [0.15, 0.2) is 12.4 Å². The van der Waals surface area contributed by atoms with Crippen molar-refractivity contribution in [2.24, 2.45) is 7.05 Å². The number of nitrogens with zero attached hydrogens (tertiary/aromatic N) is 4. The van der Waals surface area contributed by atoms with Crippen molar-refractivity contribution >= 4 is 33.6 Å². The summed E-state index contributed by atoms with van der Waals surface area (Å²) in [6, 6.07) is 12.7. The van der Waals surface area contributed by atoms with Gasteiger partial charge in [-0.2, -0.15) is 0 Å². The molecule has 0 aliphatic heterocycles. The topological polar surface area (TPSA) is 94.3 Å². The molecule has 0 aliphatic rings. The number of aromatic nitrogens is 5. The second kappa shape index (κ2) is 6.55. The quantitative estimate of drug-likeness (QED) is 0.469. The maximum Gasteiger partial charge on any atom is 0.338 e. The predicted molar refractivity (Wildman–Crippen MR) is 113 cm³/mol. The van der Waals surface area contributed by atoms with E-state index < -0.39 is 5.97 Å². The zero-order valence-corrected chi connectivity index (χ0v) is 16.8. The number of hydrogen-bond acceptors (Lipinski definition) is 5. The van der Waals surface area contributed by atoms with Gasteiger partial charge in [-0.05, 0) is 49.7 Å². The largest absolute Gasteiger partial charge is 0.454 e. The van der Waals surface area contributed by atoms with Gasteiger partial charge in [0, 0.05) is 23.6 Å². The number of fused-ring (bicyclic) bond motifs is 4. The van der Waals surface area contributed by atoms with Crippen molar-refractivity contribution in [3.8, 4) is 0 Å². The van der Waals surface area contributed by atoms with E-state index in [1.54, 1.807) is 29.6 Å². The van der Waals surface area contributed by atoms with Crippen LogP contribution in [0, 0.1) is 13.8 Å². The van der Waals surface area contributed by atoms with Crippen LogP contribution in [0.2, 0.25) is 0 Å². The van der Waals surface area contributed by atoms with Gasteiger partial charge in [0.25, 0.3) is 5.56 Å². The van der Waals surface area contributed by atoms with E-state index in [1.807, 2.05) is 38.1 Å². The Kier molecular flexibility index (Phi) is 3.95. The van der Waals surface area contributed by atoms with E-state index >= 15 is 0 Å². The van der Waals surface area contributed by atoms with E-state index in [-0.39, 0.29) is 12.2 Å². The molecule has 8 nitrogen and oxygen atoms in total. The molecular weight excluding hydrogens is 382 g/mol. The minimum Gasteiger partial charge on any atom is -0.454 e. The summed E-state index contributed by atoms with van der Waals surface area (Å²) in [7, 11) is 1.64. The molecule has 5 aromatic rings. The molecule has 2 aromatic carbocycles. The molecule has 3 aromatic heterocycles. The number of carbonyl (C=O) groups is 1. The van der Waals surface area contributed by atoms with Crippen LogP contribution in [0.25, 0.3) is 27.6 Å². The number of H-pyrrole nitrogens is 1. The van der Waals surface area contributed by atoms with Gasteiger partial charge in [-0.3, -0.25) is 13.8 Å². The number of rotatable bonds is 3. The van der Waals surface area contributed by atoms with Crippen LogP contribution in [0.15, 0.2) is 47.3 Å². The van der Waals surface area contributed by atoms with Crippen molar-refractivity contribution < 1.29 is 9.53 Å². The lowest BCUT2D eigenvalue weighted by molar-refractivity contribution is 0.0461. The molecular formula is C22H19N5O3. The number of hydrogen-bond donors (Lipinski definition) is 1. The number of aryl methyl sites for hydroxylation is 3.